The molecule has 1 fully saturated rings. The minimum absolute atomic E-state index is 0.202. The van der Waals surface area contributed by atoms with Gasteiger partial charge in [0.15, 0.2) is 0 Å². The van der Waals surface area contributed by atoms with Crippen molar-refractivity contribution < 1.29 is 0 Å². The van der Waals surface area contributed by atoms with E-state index in [1.807, 2.05) is 20.8 Å². The van der Waals surface area contributed by atoms with Crippen LogP contribution in [0.3, 0.4) is 0 Å². The summed E-state index contributed by atoms with van der Waals surface area (Å²) in [6.45, 7) is 6.06. The molecule has 2 N–H and O–H groups in total. The first-order valence-corrected chi connectivity index (χ1v) is 5.16. The molecule has 1 aromatic heterocycles. The summed E-state index contributed by atoms with van der Waals surface area (Å²) < 4.78 is 2.24. The maximum absolute atomic E-state index is 5.99. The summed E-state index contributed by atoms with van der Waals surface area (Å²) in [5.74, 6) is 2.06. The van der Waals surface area contributed by atoms with Crippen LogP contribution in [-0.4, -0.2) is 20.3 Å². The van der Waals surface area contributed by atoms with Gasteiger partial charge in [-0.2, -0.15) is 0 Å². The van der Waals surface area contributed by atoms with Gasteiger partial charge in [0.1, 0.15) is 11.6 Å². The lowest BCUT2D eigenvalue weighted by atomic mass is 10.0. The highest BCUT2D eigenvalue weighted by Gasteiger charge is 2.29. The van der Waals surface area contributed by atoms with Crippen LogP contribution in [0.15, 0.2) is 0 Å². The van der Waals surface area contributed by atoms with Crippen molar-refractivity contribution in [2.45, 2.75) is 51.6 Å². The summed E-state index contributed by atoms with van der Waals surface area (Å²) in [5, 5.41) is 8.31. The molecule has 0 bridgehead atoms. The van der Waals surface area contributed by atoms with E-state index in [0.29, 0.717) is 6.04 Å². The second-order valence-corrected chi connectivity index (χ2v) is 4.93. The minimum Gasteiger partial charge on any atom is -0.325 e. The average molecular weight is 194 g/mol. The molecule has 0 atom stereocenters. The van der Waals surface area contributed by atoms with Crippen molar-refractivity contribution in [3.05, 3.63) is 11.6 Å². The number of aryl methyl sites for hydroxylation is 1. The van der Waals surface area contributed by atoms with E-state index in [0.717, 1.165) is 18.1 Å². The molecule has 0 unspecified atom stereocenters. The fraction of sp³-hybridized carbons (Fsp3) is 0.800. The summed E-state index contributed by atoms with van der Waals surface area (Å²) >= 11 is 0. The number of hydrogen-bond acceptors (Lipinski definition) is 3. The minimum atomic E-state index is -0.202. The second kappa shape index (κ2) is 3.05. The maximum atomic E-state index is 5.99. The fourth-order valence-corrected chi connectivity index (χ4v) is 1.75. The van der Waals surface area contributed by atoms with Crippen molar-refractivity contribution >= 4 is 0 Å². The number of nitrogens with two attached hydrogens (primary N) is 1. The Morgan fingerprint density at radius 2 is 2.07 bits per heavy atom. The van der Waals surface area contributed by atoms with Crippen LogP contribution in [0.4, 0.5) is 0 Å². The van der Waals surface area contributed by atoms with E-state index < -0.39 is 0 Å². The zero-order chi connectivity index (χ0) is 10.3. The Kier molecular flexibility index (Phi) is 2.10. The quantitative estimate of drug-likeness (QED) is 0.786. The lowest BCUT2D eigenvalue weighted by molar-refractivity contribution is 0.484. The molecule has 4 heteroatoms. The molecule has 0 amide bonds. The monoisotopic (exact) mass is 194 g/mol. The standard InChI is InChI=1S/C10H18N4/c1-7-12-13-9(6-10(2,3)11)14(7)8-4-5-8/h8H,4-6,11H2,1-3H3. The van der Waals surface area contributed by atoms with E-state index in [1.54, 1.807) is 0 Å². The van der Waals surface area contributed by atoms with Gasteiger partial charge in [-0.25, -0.2) is 0 Å². The molecule has 78 valence electrons. The third kappa shape index (κ3) is 1.95. The van der Waals surface area contributed by atoms with E-state index >= 15 is 0 Å². The first-order chi connectivity index (χ1) is 6.47. The molecule has 1 heterocycles. The molecule has 0 spiro atoms. The molecule has 1 aliphatic rings. The molecule has 14 heavy (non-hydrogen) atoms. The average Bonchev–Trinajstić information content (AvgIpc) is 2.77. The van der Waals surface area contributed by atoms with Crippen LogP contribution in [0, 0.1) is 6.92 Å². The Balaban J connectivity index is 2.24. The second-order valence-electron chi connectivity index (χ2n) is 4.93. The summed E-state index contributed by atoms with van der Waals surface area (Å²) in [5.41, 5.74) is 5.78. The molecule has 2 rings (SSSR count). The van der Waals surface area contributed by atoms with E-state index in [-0.39, 0.29) is 5.54 Å². The highest BCUT2D eigenvalue weighted by molar-refractivity contribution is 5.04. The van der Waals surface area contributed by atoms with Crippen LogP contribution in [0.25, 0.3) is 0 Å². The van der Waals surface area contributed by atoms with E-state index in [9.17, 15) is 0 Å². The Bertz CT molecular complexity index is 330. The van der Waals surface area contributed by atoms with Crippen molar-refractivity contribution in [3.63, 3.8) is 0 Å². The van der Waals surface area contributed by atoms with Gasteiger partial charge in [0, 0.05) is 18.0 Å². The van der Waals surface area contributed by atoms with Crippen molar-refractivity contribution in [1.29, 1.82) is 0 Å². The highest BCUT2D eigenvalue weighted by atomic mass is 15.3. The highest BCUT2D eigenvalue weighted by Crippen LogP contribution is 2.36. The zero-order valence-electron chi connectivity index (χ0n) is 9.12. The maximum Gasteiger partial charge on any atom is 0.135 e. The Morgan fingerprint density at radius 1 is 1.43 bits per heavy atom. The molecule has 4 nitrogen and oxygen atoms in total. The predicted molar refractivity (Wildman–Crippen MR) is 55.0 cm³/mol. The third-order valence-electron chi connectivity index (χ3n) is 2.46. The molecule has 0 saturated heterocycles. The van der Waals surface area contributed by atoms with E-state index in [4.69, 9.17) is 5.73 Å². The first kappa shape index (κ1) is 9.65. The third-order valence-corrected chi connectivity index (χ3v) is 2.46. The summed E-state index contributed by atoms with van der Waals surface area (Å²) in [6, 6.07) is 0.641. The SMILES string of the molecule is Cc1nnc(CC(C)(C)N)n1C1CC1. The van der Waals surface area contributed by atoms with Gasteiger partial charge in [0.25, 0.3) is 0 Å². The van der Waals surface area contributed by atoms with Gasteiger partial charge in [-0.05, 0) is 33.6 Å². The molecule has 0 aromatic carbocycles. The summed E-state index contributed by atoms with van der Waals surface area (Å²) in [7, 11) is 0. The van der Waals surface area contributed by atoms with Crippen molar-refractivity contribution in [2.24, 2.45) is 5.73 Å². The van der Waals surface area contributed by atoms with Crippen molar-refractivity contribution in [3.8, 4) is 0 Å². The lowest BCUT2D eigenvalue weighted by Crippen LogP contribution is -2.35. The molecular weight excluding hydrogens is 176 g/mol. The van der Waals surface area contributed by atoms with Crippen LogP contribution in [0.5, 0.6) is 0 Å². The first-order valence-electron chi connectivity index (χ1n) is 5.16. The normalized spacial score (nSPS) is 17.4. The fourth-order valence-electron chi connectivity index (χ4n) is 1.75. The van der Waals surface area contributed by atoms with E-state index in [2.05, 4.69) is 14.8 Å². The molecule has 1 aliphatic carbocycles. The summed E-state index contributed by atoms with van der Waals surface area (Å²) in [6.07, 6.45) is 3.32. The topological polar surface area (TPSA) is 56.7 Å². The van der Waals surface area contributed by atoms with Gasteiger partial charge in [0.2, 0.25) is 0 Å². The molecule has 0 radical (unpaired) electrons. The molecular formula is C10H18N4. The predicted octanol–water partition coefficient (Wildman–Crippen LogP) is 1.20. The van der Waals surface area contributed by atoms with Crippen LogP contribution in [0.2, 0.25) is 0 Å². The number of hydrogen-bond donors (Lipinski definition) is 1. The summed E-state index contributed by atoms with van der Waals surface area (Å²) in [4.78, 5) is 0. The van der Waals surface area contributed by atoms with Crippen LogP contribution < -0.4 is 5.73 Å². The number of aromatic nitrogens is 3. The van der Waals surface area contributed by atoms with Crippen LogP contribution >= 0.6 is 0 Å². The zero-order valence-corrected chi connectivity index (χ0v) is 9.12. The van der Waals surface area contributed by atoms with Crippen LogP contribution in [0.1, 0.15) is 44.4 Å². The van der Waals surface area contributed by atoms with Crippen LogP contribution in [-0.2, 0) is 6.42 Å². The Labute approximate surface area is 84.5 Å². The van der Waals surface area contributed by atoms with Crippen molar-refractivity contribution in [2.75, 3.05) is 0 Å². The smallest absolute Gasteiger partial charge is 0.135 e. The lowest BCUT2D eigenvalue weighted by Gasteiger charge is -2.18. The van der Waals surface area contributed by atoms with Gasteiger partial charge in [-0.1, -0.05) is 0 Å². The van der Waals surface area contributed by atoms with E-state index in [1.165, 1.54) is 12.8 Å². The van der Waals surface area contributed by atoms with Gasteiger partial charge in [0.05, 0.1) is 0 Å². The largest absolute Gasteiger partial charge is 0.325 e. The van der Waals surface area contributed by atoms with Gasteiger partial charge >= 0.3 is 0 Å². The number of nitrogens with zero attached hydrogens (tertiary/aromatic N) is 3. The number of rotatable bonds is 3. The van der Waals surface area contributed by atoms with Gasteiger partial charge in [-0.3, -0.25) is 0 Å². The molecule has 1 aromatic rings. The molecule has 0 aliphatic heterocycles. The Morgan fingerprint density at radius 3 is 2.57 bits per heavy atom. The molecule has 1 saturated carbocycles. The van der Waals surface area contributed by atoms with Gasteiger partial charge in [-0.15, -0.1) is 10.2 Å². The van der Waals surface area contributed by atoms with Crippen molar-refractivity contribution in [1.82, 2.24) is 14.8 Å². The Hall–Kier alpha value is -0.900. The van der Waals surface area contributed by atoms with Gasteiger partial charge < -0.3 is 10.3 Å².